The molecule has 15 heavy (non-hydrogen) atoms. The van der Waals surface area contributed by atoms with E-state index in [9.17, 15) is 0 Å². The first-order valence-electron chi connectivity index (χ1n) is 3.63. The molecule has 0 aliphatic rings. The largest absolute Gasteiger partial charge is 1.00 e. The van der Waals surface area contributed by atoms with Crippen LogP contribution in [0.2, 0.25) is 0 Å². The van der Waals surface area contributed by atoms with Gasteiger partial charge in [0, 0.05) is 0 Å². The summed E-state index contributed by atoms with van der Waals surface area (Å²) >= 11 is 0. The van der Waals surface area contributed by atoms with Gasteiger partial charge in [0.25, 0.3) is 8.25 Å². The zero-order valence-electron chi connectivity index (χ0n) is 10.5. The van der Waals surface area contributed by atoms with Crippen LogP contribution in [-0.4, -0.2) is 6.54 Å². The van der Waals surface area contributed by atoms with Crippen LogP contribution in [0.4, 0.5) is 0 Å². The second kappa shape index (κ2) is 58.1. The van der Waals surface area contributed by atoms with Gasteiger partial charge in [-0.05, 0) is 20.4 Å². The Morgan fingerprint density at radius 1 is 1.20 bits per heavy atom. The van der Waals surface area contributed by atoms with Crippen molar-refractivity contribution in [3.8, 4) is 0 Å². The first-order chi connectivity index (χ1) is 5.97. The molecule has 0 radical (unpaired) electrons. The fourth-order valence-corrected chi connectivity index (χ4v) is 0. The maximum absolute atomic E-state index is 8.48. The summed E-state index contributed by atoms with van der Waals surface area (Å²) in [5.74, 6) is 0. The van der Waals surface area contributed by atoms with Crippen molar-refractivity contribution in [2.75, 3.05) is 6.54 Å². The zero-order chi connectivity index (χ0) is 11.7. The minimum Gasteiger partial charge on any atom is -0.598 e. The Kier molecular flexibility index (Phi) is 139. The summed E-state index contributed by atoms with van der Waals surface area (Å²) in [4.78, 5) is 17.0. The van der Waals surface area contributed by atoms with E-state index in [1.807, 2.05) is 20.8 Å². The molecule has 7 heteroatoms. The molecule has 0 fully saturated rings. The standard InChI is InChI=1S/2C3H6.C2H7N.2Na.HO3P/c2*1-3-2;1-2-3;;;1-4(2)3/h2*3H,1H2,2H3;2-3H2,1H3;;;(H,1,2,3)/q;;;2*+1;/p-1. The fourth-order valence-electron chi connectivity index (χ4n) is 0. The molecule has 0 saturated heterocycles. The minimum absolute atomic E-state index is 0. The number of rotatable bonds is 0. The average Bonchev–Trinajstić information content (AvgIpc) is 1.88. The van der Waals surface area contributed by atoms with Gasteiger partial charge in [0.15, 0.2) is 0 Å². The number of allylic oxidation sites excluding steroid dienone is 2. The third kappa shape index (κ3) is 1310. The molecule has 0 spiro atoms. The van der Waals surface area contributed by atoms with Crippen LogP contribution in [0, 0.1) is 0 Å². The van der Waals surface area contributed by atoms with Crippen molar-refractivity contribution < 1.29 is 73.5 Å². The Morgan fingerprint density at radius 3 is 1.20 bits per heavy atom. The molecule has 0 heterocycles. The Morgan fingerprint density at radius 2 is 1.20 bits per heavy atom. The molecule has 2 N–H and O–H groups in total. The Hall–Kier alpha value is 1.46. The summed E-state index contributed by atoms with van der Waals surface area (Å²) in [5.41, 5.74) is 4.85. The number of hydrogen-bond acceptors (Lipinski definition) is 4. The van der Waals surface area contributed by atoms with Crippen molar-refractivity contribution in [2.45, 2.75) is 20.8 Å². The van der Waals surface area contributed by atoms with E-state index >= 15 is 0 Å². The predicted molar refractivity (Wildman–Crippen MR) is 54.1 cm³/mol. The van der Waals surface area contributed by atoms with Crippen molar-refractivity contribution in [2.24, 2.45) is 5.73 Å². The van der Waals surface area contributed by atoms with Crippen LogP contribution >= 0.6 is 8.25 Å². The van der Waals surface area contributed by atoms with Crippen LogP contribution in [0.25, 0.3) is 0 Å². The quantitative estimate of drug-likeness (QED) is 0.266. The van der Waals surface area contributed by atoms with E-state index in [2.05, 4.69) is 13.2 Å². The van der Waals surface area contributed by atoms with E-state index in [4.69, 9.17) is 20.1 Å². The van der Waals surface area contributed by atoms with E-state index in [0.717, 1.165) is 6.54 Å². The van der Waals surface area contributed by atoms with Crippen LogP contribution in [0.5, 0.6) is 0 Å². The topological polar surface area (TPSA) is 89.2 Å². The van der Waals surface area contributed by atoms with Crippen LogP contribution < -0.4 is 74.6 Å². The van der Waals surface area contributed by atoms with Gasteiger partial charge in [0.1, 0.15) is 0 Å². The van der Waals surface area contributed by atoms with Crippen molar-refractivity contribution in [1.29, 1.82) is 0 Å². The molecule has 0 bridgehead atoms. The van der Waals surface area contributed by atoms with Crippen molar-refractivity contribution in [3.05, 3.63) is 25.3 Å². The summed E-state index contributed by atoms with van der Waals surface area (Å²) in [7, 11) is -3.37. The van der Waals surface area contributed by atoms with Gasteiger partial charge in [-0.1, -0.05) is 23.6 Å². The second-order valence-corrected chi connectivity index (χ2v) is 1.90. The molecule has 0 aromatic rings. The van der Waals surface area contributed by atoms with E-state index in [0.29, 0.717) is 0 Å². The molecule has 0 aliphatic heterocycles. The van der Waals surface area contributed by atoms with Crippen molar-refractivity contribution in [3.63, 3.8) is 0 Å². The first-order valence-corrected chi connectivity index (χ1v) is 4.73. The Bertz CT molecular complexity index is 106. The van der Waals surface area contributed by atoms with E-state index in [1.165, 1.54) is 0 Å². The summed E-state index contributed by atoms with van der Waals surface area (Å²) < 4.78 is 8.48. The van der Waals surface area contributed by atoms with E-state index in [-0.39, 0.29) is 59.1 Å². The normalized spacial score (nSPS) is 4.67. The van der Waals surface area contributed by atoms with Gasteiger partial charge in [0.05, 0.1) is 0 Å². The molecule has 80 valence electrons. The maximum atomic E-state index is 8.48. The molecule has 0 rings (SSSR count). The molecule has 0 atom stereocenters. The van der Waals surface area contributed by atoms with Crippen LogP contribution in [0.1, 0.15) is 20.8 Å². The van der Waals surface area contributed by atoms with Crippen LogP contribution in [0.15, 0.2) is 25.3 Å². The molecular formula is C8H19NNa2O3P+. The summed E-state index contributed by atoms with van der Waals surface area (Å²) in [6, 6.07) is 0. The predicted octanol–water partition coefficient (Wildman–Crippen LogP) is -5.28. The summed E-state index contributed by atoms with van der Waals surface area (Å²) in [6.45, 7) is 13.2. The van der Waals surface area contributed by atoms with Gasteiger partial charge in [-0.2, -0.15) is 0 Å². The van der Waals surface area contributed by atoms with Gasteiger partial charge < -0.3 is 15.5 Å². The van der Waals surface area contributed by atoms with Crippen LogP contribution in [-0.2, 0) is 4.57 Å². The molecular weight excluding hydrogens is 235 g/mol. The molecule has 0 amide bonds. The van der Waals surface area contributed by atoms with Crippen molar-refractivity contribution >= 4 is 8.25 Å². The third-order valence-electron chi connectivity index (χ3n) is 0. The minimum atomic E-state index is -3.37. The van der Waals surface area contributed by atoms with Crippen molar-refractivity contribution in [1.82, 2.24) is 0 Å². The van der Waals surface area contributed by atoms with Gasteiger partial charge in [-0.25, -0.2) is 0 Å². The first kappa shape index (κ1) is 36.0. The van der Waals surface area contributed by atoms with Gasteiger partial charge in [0.2, 0.25) is 0 Å². The van der Waals surface area contributed by atoms with E-state index in [1.54, 1.807) is 12.2 Å². The molecule has 0 aromatic carbocycles. The molecule has 4 nitrogen and oxygen atoms in total. The molecule has 0 aliphatic carbocycles. The number of hydrogen-bond donors (Lipinski definition) is 1. The Labute approximate surface area is 139 Å². The monoisotopic (exact) mass is 254 g/mol. The van der Waals surface area contributed by atoms with Gasteiger partial charge in [-0.3, -0.25) is 0 Å². The maximum Gasteiger partial charge on any atom is 1.00 e. The van der Waals surface area contributed by atoms with Gasteiger partial charge >= 0.3 is 59.1 Å². The Balaban J connectivity index is -0.0000000174. The molecule has 0 aromatic heterocycles. The van der Waals surface area contributed by atoms with Gasteiger partial charge in [-0.15, -0.1) is 13.2 Å². The van der Waals surface area contributed by atoms with Crippen LogP contribution in [0.3, 0.4) is 0 Å². The number of nitrogens with two attached hydrogens (primary N) is 1. The zero-order valence-corrected chi connectivity index (χ0v) is 15.4. The average molecular weight is 254 g/mol. The molecule has 0 unspecified atom stereocenters. The molecule has 0 saturated carbocycles. The second-order valence-electron chi connectivity index (χ2n) is 1.45. The third-order valence-corrected chi connectivity index (χ3v) is 0. The van der Waals surface area contributed by atoms with E-state index < -0.39 is 8.25 Å². The SMILES string of the molecule is C=CC.C=CC.CCN.O=[P+]([O-])[O-].[Na+].[Na+]. The smallest absolute Gasteiger partial charge is 0.598 e. The summed E-state index contributed by atoms with van der Waals surface area (Å²) in [5, 5.41) is 0. The summed E-state index contributed by atoms with van der Waals surface area (Å²) in [6.07, 6.45) is 3.50. The fraction of sp³-hybridized carbons (Fsp3) is 0.500.